The summed E-state index contributed by atoms with van der Waals surface area (Å²) in [7, 11) is 0. The van der Waals surface area contributed by atoms with Crippen LogP contribution in [0.2, 0.25) is 0 Å². The third kappa shape index (κ3) is 2.01. The summed E-state index contributed by atoms with van der Waals surface area (Å²) in [6.45, 7) is 2.16. The molecule has 0 aromatic rings. The van der Waals surface area contributed by atoms with Gasteiger partial charge in [-0.05, 0) is 37.6 Å². The maximum atomic E-state index is 4.34. The molecule has 0 spiro atoms. The standard InChI is InChI=1S/C8H15NS/c1-7(9-10-2)8-5-3-4-6-8/h8H,3-6H2,1-2H3. The molecule has 1 nitrogen and oxygen atoms in total. The second-order valence-electron chi connectivity index (χ2n) is 2.90. The predicted octanol–water partition coefficient (Wildman–Crippen LogP) is 2.92. The Morgan fingerprint density at radius 2 is 2.00 bits per heavy atom. The summed E-state index contributed by atoms with van der Waals surface area (Å²) in [5.41, 5.74) is 1.35. The van der Waals surface area contributed by atoms with Gasteiger partial charge < -0.3 is 0 Å². The lowest BCUT2D eigenvalue weighted by Gasteiger charge is -2.05. The zero-order valence-electron chi connectivity index (χ0n) is 6.76. The molecule has 0 unspecified atom stereocenters. The molecule has 0 atom stereocenters. The van der Waals surface area contributed by atoms with Crippen molar-refractivity contribution in [3.05, 3.63) is 0 Å². The molecular formula is C8H15NS. The molecule has 1 aliphatic rings. The molecule has 0 radical (unpaired) electrons. The van der Waals surface area contributed by atoms with Gasteiger partial charge in [0.05, 0.1) is 0 Å². The summed E-state index contributed by atoms with van der Waals surface area (Å²) in [4.78, 5) is 0. The first-order valence-electron chi connectivity index (χ1n) is 3.92. The third-order valence-corrected chi connectivity index (χ3v) is 2.65. The van der Waals surface area contributed by atoms with E-state index in [1.54, 1.807) is 11.9 Å². The topological polar surface area (TPSA) is 12.4 Å². The molecule has 58 valence electrons. The molecule has 1 aliphatic carbocycles. The van der Waals surface area contributed by atoms with Crippen molar-refractivity contribution in [2.24, 2.45) is 10.3 Å². The Balaban J connectivity index is 2.39. The largest absolute Gasteiger partial charge is 0.226 e. The van der Waals surface area contributed by atoms with Gasteiger partial charge in [-0.3, -0.25) is 0 Å². The Morgan fingerprint density at radius 1 is 1.40 bits per heavy atom. The van der Waals surface area contributed by atoms with E-state index in [0.29, 0.717) is 0 Å². The van der Waals surface area contributed by atoms with Crippen molar-refractivity contribution in [1.29, 1.82) is 0 Å². The molecule has 0 bridgehead atoms. The molecule has 1 saturated carbocycles. The molecule has 0 N–H and O–H groups in total. The van der Waals surface area contributed by atoms with Crippen LogP contribution in [-0.2, 0) is 0 Å². The Bertz CT molecular complexity index is 125. The summed E-state index contributed by atoms with van der Waals surface area (Å²) in [6.07, 6.45) is 7.59. The van der Waals surface area contributed by atoms with Crippen molar-refractivity contribution >= 4 is 17.7 Å². The predicted molar refractivity (Wildman–Crippen MR) is 48.6 cm³/mol. The Labute approximate surface area is 67.4 Å². The molecule has 1 fully saturated rings. The molecule has 0 amide bonds. The minimum Gasteiger partial charge on any atom is -0.226 e. The van der Waals surface area contributed by atoms with Crippen LogP contribution >= 0.6 is 11.9 Å². The quantitative estimate of drug-likeness (QED) is 0.443. The van der Waals surface area contributed by atoms with Crippen LogP contribution in [-0.4, -0.2) is 12.0 Å². The van der Waals surface area contributed by atoms with Gasteiger partial charge in [0.15, 0.2) is 0 Å². The highest BCUT2D eigenvalue weighted by molar-refractivity contribution is 7.97. The summed E-state index contributed by atoms with van der Waals surface area (Å²) in [6, 6.07) is 0. The molecule has 0 aliphatic heterocycles. The van der Waals surface area contributed by atoms with E-state index in [1.807, 2.05) is 6.26 Å². The molecule has 0 aromatic heterocycles. The van der Waals surface area contributed by atoms with Crippen LogP contribution in [0.25, 0.3) is 0 Å². The summed E-state index contributed by atoms with van der Waals surface area (Å²) in [5.74, 6) is 0.812. The van der Waals surface area contributed by atoms with Gasteiger partial charge in [0.25, 0.3) is 0 Å². The normalized spacial score (nSPS) is 22.0. The van der Waals surface area contributed by atoms with Gasteiger partial charge in [0.2, 0.25) is 0 Å². The van der Waals surface area contributed by atoms with Gasteiger partial charge in [-0.15, -0.1) is 0 Å². The van der Waals surface area contributed by atoms with Crippen molar-refractivity contribution in [1.82, 2.24) is 0 Å². The van der Waals surface area contributed by atoms with Crippen LogP contribution in [0.3, 0.4) is 0 Å². The van der Waals surface area contributed by atoms with Crippen LogP contribution in [0.15, 0.2) is 4.40 Å². The molecule has 10 heavy (non-hydrogen) atoms. The molecule has 0 heterocycles. The fraction of sp³-hybridized carbons (Fsp3) is 0.875. The van der Waals surface area contributed by atoms with E-state index in [2.05, 4.69) is 11.3 Å². The smallest absolute Gasteiger partial charge is 0.0262 e. The van der Waals surface area contributed by atoms with E-state index in [-0.39, 0.29) is 0 Å². The average Bonchev–Trinajstić information content (AvgIpc) is 2.38. The maximum Gasteiger partial charge on any atom is 0.0262 e. The van der Waals surface area contributed by atoms with Crippen LogP contribution < -0.4 is 0 Å². The third-order valence-electron chi connectivity index (χ3n) is 2.18. The maximum absolute atomic E-state index is 4.34. The minimum atomic E-state index is 0.812. The van der Waals surface area contributed by atoms with E-state index >= 15 is 0 Å². The first-order chi connectivity index (χ1) is 4.84. The van der Waals surface area contributed by atoms with Crippen molar-refractivity contribution in [2.45, 2.75) is 32.6 Å². The number of hydrogen-bond donors (Lipinski definition) is 0. The molecular weight excluding hydrogens is 142 g/mol. The number of nitrogens with zero attached hydrogens (tertiary/aromatic N) is 1. The van der Waals surface area contributed by atoms with Crippen LogP contribution in [0.1, 0.15) is 32.6 Å². The molecule has 2 heteroatoms. The SMILES string of the molecule is CSN=C(C)C1CCCC1. The van der Waals surface area contributed by atoms with Crippen molar-refractivity contribution in [2.75, 3.05) is 6.26 Å². The van der Waals surface area contributed by atoms with Crippen LogP contribution in [0.4, 0.5) is 0 Å². The van der Waals surface area contributed by atoms with E-state index < -0.39 is 0 Å². The van der Waals surface area contributed by atoms with Gasteiger partial charge in [0.1, 0.15) is 0 Å². The summed E-state index contributed by atoms with van der Waals surface area (Å²) < 4.78 is 4.34. The first kappa shape index (κ1) is 8.12. The number of hydrogen-bond acceptors (Lipinski definition) is 2. The van der Waals surface area contributed by atoms with Gasteiger partial charge >= 0.3 is 0 Å². The lowest BCUT2D eigenvalue weighted by molar-refractivity contribution is 0.727. The van der Waals surface area contributed by atoms with E-state index in [4.69, 9.17) is 0 Å². The van der Waals surface area contributed by atoms with Gasteiger partial charge in [-0.2, -0.15) is 0 Å². The average molecular weight is 157 g/mol. The van der Waals surface area contributed by atoms with Crippen LogP contribution in [0.5, 0.6) is 0 Å². The minimum absolute atomic E-state index is 0.812. The van der Waals surface area contributed by atoms with E-state index in [9.17, 15) is 0 Å². The van der Waals surface area contributed by atoms with Crippen molar-refractivity contribution in [3.63, 3.8) is 0 Å². The summed E-state index contributed by atoms with van der Waals surface area (Å²) in [5, 5.41) is 0. The van der Waals surface area contributed by atoms with E-state index in [1.165, 1.54) is 31.4 Å². The van der Waals surface area contributed by atoms with Crippen molar-refractivity contribution in [3.8, 4) is 0 Å². The Hall–Kier alpha value is 0.0200. The lowest BCUT2D eigenvalue weighted by atomic mass is 10.0. The van der Waals surface area contributed by atoms with Gasteiger partial charge in [-0.25, -0.2) is 4.40 Å². The van der Waals surface area contributed by atoms with Gasteiger partial charge in [0, 0.05) is 12.0 Å². The monoisotopic (exact) mass is 157 g/mol. The van der Waals surface area contributed by atoms with Crippen molar-refractivity contribution < 1.29 is 0 Å². The second-order valence-corrected chi connectivity index (χ2v) is 3.44. The molecule has 1 rings (SSSR count). The van der Waals surface area contributed by atoms with Crippen LogP contribution in [0, 0.1) is 5.92 Å². The first-order valence-corrected chi connectivity index (χ1v) is 5.10. The fourth-order valence-corrected chi connectivity index (χ4v) is 2.00. The zero-order valence-corrected chi connectivity index (χ0v) is 7.58. The Morgan fingerprint density at radius 3 is 2.50 bits per heavy atom. The lowest BCUT2D eigenvalue weighted by Crippen LogP contribution is -2.04. The molecule has 0 aromatic carbocycles. The highest BCUT2D eigenvalue weighted by Crippen LogP contribution is 2.26. The highest BCUT2D eigenvalue weighted by Gasteiger charge is 2.16. The van der Waals surface area contributed by atoms with E-state index in [0.717, 1.165) is 5.92 Å². The Kier molecular flexibility index (Phi) is 3.26. The fourth-order valence-electron chi connectivity index (χ4n) is 1.56. The highest BCUT2D eigenvalue weighted by atomic mass is 32.2. The second kappa shape index (κ2) is 4.02. The molecule has 0 saturated heterocycles. The zero-order chi connectivity index (χ0) is 7.40. The number of rotatable bonds is 2. The van der Waals surface area contributed by atoms with Gasteiger partial charge in [-0.1, -0.05) is 12.8 Å². The summed E-state index contributed by atoms with van der Waals surface area (Å²) >= 11 is 1.58.